The molecule has 0 aliphatic carbocycles. The summed E-state index contributed by atoms with van der Waals surface area (Å²) in [6.45, 7) is 0.107. The molecule has 0 unspecified atom stereocenters. The van der Waals surface area contributed by atoms with Crippen LogP contribution in [0.5, 0.6) is 0 Å². The van der Waals surface area contributed by atoms with Crippen LogP contribution in [0.3, 0.4) is 0 Å². The minimum absolute atomic E-state index is 0.115. The van der Waals surface area contributed by atoms with Gasteiger partial charge >= 0.3 is 12.1 Å². The van der Waals surface area contributed by atoms with Gasteiger partial charge in [0.15, 0.2) is 0 Å². The fraction of sp³-hybridized carbons (Fsp3) is 0.333. The van der Waals surface area contributed by atoms with Gasteiger partial charge in [-0.25, -0.2) is 4.39 Å². The van der Waals surface area contributed by atoms with Gasteiger partial charge in [0, 0.05) is 13.6 Å². The van der Waals surface area contributed by atoms with Crippen molar-refractivity contribution in [1.82, 2.24) is 4.90 Å². The summed E-state index contributed by atoms with van der Waals surface area (Å²) in [5.74, 6) is -2.32. The maximum Gasteiger partial charge on any atom is 0.471 e. The number of alkyl halides is 3. The lowest BCUT2D eigenvalue weighted by atomic mass is 9.81. The number of ether oxygens (including phenoxy) is 1. The van der Waals surface area contributed by atoms with E-state index in [-0.39, 0.29) is 26.0 Å². The van der Waals surface area contributed by atoms with Crippen molar-refractivity contribution in [2.24, 2.45) is 0 Å². The van der Waals surface area contributed by atoms with Crippen molar-refractivity contribution in [2.75, 3.05) is 13.6 Å². The molecule has 0 aromatic heterocycles. The Bertz CT molecular complexity index is 951. The van der Waals surface area contributed by atoms with E-state index >= 15 is 0 Å². The van der Waals surface area contributed by atoms with E-state index in [9.17, 15) is 22.4 Å². The second kappa shape index (κ2) is 7.84. The molecule has 1 aliphatic heterocycles. The first-order valence-corrected chi connectivity index (χ1v) is 8.93. The second-order valence-electron chi connectivity index (χ2n) is 6.93. The Balaban J connectivity index is 1.88. The molecule has 0 saturated carbocycles. The standard InChI is InChI=1S/C21H18F4N2O2/c1-27(19(28)21(23,24)25)10-2-9-20(16-4-6-17(22)7-5-16)18-8-3-14(12-26)11-15(18)13-29-20/h3-8,11H,2,9-10,13H2,1H3/t20-/m1/s1. The van der Waals surface area contributed by atoms with Crippen LogP contribution in [0.2, 0.25) is 0 Å². The Morgan fingerprint density at radius 2 is 1.93 bits per heavy atom. The first-order valence-electron chi connectivity index (χ1n) is 8.93. The van der Waals surface area contributed by atoms with Crippen LogP contribution in [-0.2, 0) is 21.7 Å². The van der Waals surface area contributed by atoms with Crippen molar-refractivity contribution in [1.29, 1.82) is 5.26 Å². The zero-order valence-electron chi connectivity index (χ0n) is 15.6. The summed E-state index contributed by atoms with van der Waals surface area (Å²) in [4.78, 5) is 12.0. The van der Waals surface area contributed by atoms with E-state index < -0.39 is 23.5 Å². The third kappa shape index (κ3) is 4.10. The lowest BCUT2D eigenvalue weighted by Crippen LogP contribution is -2.39. The highest BCUT2D eigenvalue weighted by atomic mass is 19.4. The van der Waals surface area contributed by atoms with Crippen LogP contribution < -0.4 is 0 Å². The molecule has 4 nitrogen and oxygen atoms in total. The van der Waals surface area contributed by atoms with Gasteiger partial charge in [0.25, 0.3) is 0 Å². The Morgan fingerprint density at radius 1 is 1.24 bits per heavy atom. The van der Waals surface area contributed by atoms with Crippen molar-refractivity contribution in [3.05, 3.63) is 70.5 Å². The fourth-order valence-electron chi connectivity index (χ4n) is 3.65. The number of halogens is 4. The maximum absolute atomic E-state index is 13.4. The largest absolute Gasteiger partial charge is 0.471 e. The summed E-state index contributed by atoms with van der Waals surface area (Å²) in [5.41, 5.74) is 1.73. The van der Waals surface area contributed by atoms with Gasteiger partial charge in [-0.15, -0.1) is 0 Å². The quantitative estimate of drug-likeness (QED) is 0.697. The molecule has 0 saturated heterocycles. The van der Waals surface area contributed by atoms with Gasteiger partial charge in [-0.2, -0.15) is 18.4 Å². The molecule has 3 rings (SSSR count). The maximum atomic E-state index is 13.4. The van der Waals surface area contributed by atoms with E-state index in [1.165, 1.54) is 12.1 Å². The van der Waals surface area contributed by atoms with Gasteiger partial charge in [-0.05, 0) is 53.8 Å². The highest BCUT2D eigenvalue weighted by Gasteiger charge is 2.43. The summed E-state index contributed by atoms with van der Waals surface area (Å²) >= 11 is 0. The van der Waals surface area contributed by atoms with E-state index in [0.717, 1.165) is 18.2 Å². The van der Waals surface area contributed by atoms with Gasteiger partial charge in [-0.3, -0.25) is 4.79 Å². The van der Waals surface area contributed by atoms with E-state index in [1.54, 1.807) is 30.3 Å². The van der Waals surface area contributed by atoms with Crippen LogP contribution in [0.25, 0.3) is 0 Å². The van der Waals surface area contributed by atoms with Crippen molar-refractivity contribution in [2.45, 2.75) is 31.2 Å². The molecule has 8 heteroatoms. The highest BCUT2D eigenvalue weighted by Crippen LogP contribution is 2.45. The molecular weight excluding hydrogens is 388 g/mol. The Labute approximate surface area is 165 Å². The molecular formula is C21H18F4N2O2. The van der Waals surface area contributed by atoms with E-state index in [2.05, 4.69) is 6.07 Å². The summed E-state index contributed by atoms with van der Waals surface area (Å²) in [5, 5.41) is 9.10. The average molecular weight is 406 g/mol. The van der Waals surface area contributed by atoms with Crippen LogP contribution >= 0.6 is 0 Å². The Hall–Kier alpha value is -2.92. The summed E-state index contributed by atoms with van der Waals surface area (Å²) in [6, 6.07) is 12.9. The van der Waals surface area contributed by atoms with Gasteiger partial charge in [0.05, 0.1) is 18.2 Å². The number of nitrogens with zero attached hydrogens (tertiary/aromatic N) is 2. The lowest BCUT2D eigenvalue weighted by Gasteiger charge is -2.31. The molecule has 0 N–H and O–H groups in total. The normalized spacial score (nSPS) is 18.2. The number of rotatable bonds is 5. The van der Waals surface area contributed by atoms with Gasteiger partial charge < -0.3 is 9.64 Å². The molecule has 29 heavy (non-hydrogen) atoms. The molecule has 1 amide bonds. The number of carbonyl (C=O) groups is 1. The number of hydrogen-bond donors (Lipinski definition) is 0. The molecule has 2 aromatic carbocycles. The number of fused-ring (bicyclic) bond motifs is 1. The van der Waals surface area contributed by atoms with Gasteiger partial charge in [-0.1, -0.05) is 18.2 Å². The van der Waals surface area contributed by atoms with E-state index in [0.29, 0.717) is 16.0 Å². The smallest absolute Gasteiger partial charge is 0.361 e. The topological polar surface area (TPSA) is 53.3 Å². The molecule has 2 aromatic rings. The number of hydrogen-bond acceptors (Lipinski definition) is 3. The molecule has 0 radical (unpaired) electrons. The molecule has 0 fully saturated rings. The Morgan fingerprint density at radius 3 is 2.55 bits per heavy atom. The summed E-state index contributed by atoms with van der Waals surface area (Å²) < 4.78 is 57.3. The number of benzene rings is 2. The fourth-order valence-corrected chi connectivity index (χ4v) is 3.65. The third-order valence-corrected chi connectivity index (χ3v) is 5.07. The Kier molecular flexibility index (Phi) is 5.62. The predicted octanol–water partition coefficient (Wildman–Crippen LogP) is 4.27. The van der Waals surface area contributed by atoms with Crippen molar-refractivity contribution < 1.29 is 27.1 Å². The summed E-state index contributed by atoms with van der Waals surface area (Å²) in [6.07, 6.45) is -4.41. The van der Waals surface area contributed by atoms with Crippen molar-refractivity contribution in [3.8, 4) is 6.07 Å². The van der Waals surface area contributed by atoms with Crippen LogP contribution in [0.4, 0.5) is 17.6 Å². The molecule has 1 heterocycles. The monoisotopic (exact) mass is 406 g/mol. The third-order valence-electron chi connectivity index (χ3n) is 5.07. The van der Waals surface area contributed by atoms with Gasteiger partial charge in [0.2, 0.25) is 0 Å². The molecule has 1 aliphatic rings. The molecule has 0 bridgehead atoms. The summed E-state index contributed by atoms with van der Waals surface area (Å²) in [7, 11) is 1.10. The second-order valence-corrected chi connectivity index (χ2v) is 6.93. The number of carbonyl (C=O) groups excluding carboxylic acids is 1. The minimum Gasteiger partial charge on any atom is -0.361 e. The van der Waals surface area contributed by atoms with Crippen LogP contribution in [-0.4, -0.2) is 30.6 Å². The van der Waals surface area contributed by atoms with Crippen molar-refractivity contribution in [3.63, 3.8) is 0 Å². The molecule has 152 valence electrons. The molecule has 0 spiro atoms. The van der Waals surface area contributed by atoms with Crippen LogP contribution in [0.1, 0.15) is 35.1 Å². The number of nitriles is 1. The first-order chi connectivity index (χ1) is 13.7. The van der Waals surface area contributed by atoms with E-state index in [4.69, 9.17) is 10.00 Å². The lowest BCUT2D eigenvalue weighted by molar-refractivity contribution is -0.184. The van der Waals surface area contributed by atoms with Gasteiger partial charge in [0.1, 0.15) is 11.4 Å². The van der Waals surface area contributed by atoms with E-state index in [1.807, 2.05) is 0 Å². The first kappa shape index (κ1) is 20.8. The molecule has 1 atom stereocenters. The highest BCUT2D eigenvalue weighted by molar-refractivity contribution is 5.81. The van der Waals surface area contributed by atoms with Crippen molar-refractivity contribution >= 4 is 5.91 Å². The predicted molar refractivity (Wildman–Crippen MR) is 96.1 cm³/mol. The zero-order valence-corrected chi connectivity index (χ0v) is 15.6. The SMILES string of the molecule is CN(CCC[C@]1(c2ccc(F)cc2)OCc2cc(C#N)ccc21)C(=O)C(F)(F)F. The van der Waals surface area contributed by atoms with Crippen LogP contribution in [0.15, 0.2) is 42.5 Å². The number of amides is 1. The van der Waals surface area contributed by atoms with Crippen LogP contribution in [0, 0.1) is 17.1 Å². The minimum atomic E-state index is -4.92. The average Bonchev–Trinajstić information content (AvgIpc) is 3.06. The zero-order chi connectivity index (χ0) is 21.2.